The first-order valence-electron chi connectivity index (χ1n) is 5.82. The summed E-state index contributed by atoms with van der Waals surface area (Å²) in [4.78, 5) is 0.736. The minimum Gasteiger partial charge on any atom is -0.381 e. The molecule has 1 aliphatic heterocycles. The van der Waals surface area contributed by atoms with E-state index >= 15 is 0 Å². The van der Waals surface area contributed by atoms with Gasteiger partial charge in [-0.15, -0.1) is 11.8 Å². The van der Waals surface area contributed by atoms with Crippen LogP contribution in [-0.2, 0) is 4.74 Å². The molecule has 0 radical (unpaired) electrons. The number of halogens is 1. The summed E-state index contributed by atoms with van der Waals surface area (Å²) in [6, 6.07) is 6.95. The maximum absolute atomic E-state index is 13.5. The Kier molecular flexibility index (Phi) is 4.77. The Balaban J connectivity index is 1.98. The van der Waals surface area contributed by atoms with Crippen molar-refractivity contribution in [2.24, 2.45) is 5.41 Å². The van der Waals surface area contributed by atoms with Crippen molar-refractivity contribution in [3.8, 4) is 0 Å². The van der Waals surface area contributed by atoms with Crippen molar-refractivity contribution >= 4 is 24.4 Å². The molecule has 1 saturated heterocycles. The smallest absolute Gasteiger partial charge is 0.136 e. The van der Waals surface area contributed by atoms with Crippen LogP contribution in [0.5, 0.6) is 0 Å². The van der Waals surface area contributed by atoms with Crippen LogP contribution in [0.25, 0.3) is 0 Å². The number of rotatable bonds is 4. The lowest BCUT2D eigenvalue weighted by Gasteiger charge is -2.35. The summed E-state index contributed by atoms with van der Waals surface area (Å²) in [7, 11) is 0. The van der Waals surface area contributed by atoms with Crippen molar-refractivity contribution in [3.05, 3.63) is 30.1 Å². The summed E-state index contributed by atoms with van der Waals surface area (Å²) < 4.78 is 18.9. The number of hydrogen-bond acceptors (Lipinski definition) is 3. The Morgan fingerprint density at radius 3 is 2.65 bits per heavy atom. The highest BCUT2D eigenvalue weighted by molar-refractivity contribution is 7.99. The molecule has 0 N–H and O–H groups in total. The third kappa shape index (κ3) is 3.39. The highest BCUT2D eigenvalue weighted by Gasteiger charge is 2.31. The van der Waals surface area contributed by atoms with E-state index in [9.17, 15) is 4.39 Å². The van der Waals surface area contributed by atoms with E-state index in [0.29, 0.717) is 0 Å². The minimum atomic E-state index is -0.126. The molecule has 0 aliphatic carbocycles. The van der Waals surface area contributed by atoms with Gasteiger partial charge in [0.05, 0.1) is 0 Å². The minimum absolute atomic E-state index is 0.126. The predicted octanol–water partition coefficient (Wildman–Crippen LogP) is 3.64. The molecule has 17 heavy (non-hydrogen) atoms. The fourth-order valence-corrected chi connectivity index (χ4v) is 3.76. The first-order valence-corrected chi connectivity index (χ1v) is 7.43. The topological polar surface area (TPSA) is 9.23 Å². The zero-order valence-corrected chi connectivity index (χ0v) is 11.4. The average Bonchev–Trinajstić information content (AvgIpc) is 2.39. The Morgan fingerprint density at radius 1 is 1.29 bits per heavy atom. The van der Waals surface area contributed by atoms with Crippen molar-refractivity contribution in [1.82, 2.24) is 0 Å². The normalized spacial score (nSPS) is 19.2. The summed E-state index contributed by atoms with van der Waals surface area (Å²) >= 11 is 6.06. The third-order valence-electron chi connectivity index (χ3n) is 3.26. The average molecular weight is 272 g/mol. The lowest BCUT2D eigenvalue weighted by atomic mass is 9.84. The number of hydrogen-bond donors (Lipinski definition) is 1. The molecule has 0 unspecified atom stereocenters. The maximum atomic E-state index is 13.5. The predicted molar refractivity (Wildman–Crippen MR) is 73.5 cm³/mol. The van der Waals surface area contributed by atoms with Gasteiger partial charge in [-0.3, -0.25) is 0 Å². The lowest BCUT2D eigenvalue weighted by Crippen LogP contribution is -2.33. The molecule has 94 valence electrons. The first-order chi connectivity index (χ1) is 8.26. The standard InChI is InChI=1S/C13H17FOS2/c14-11-3-1-2-4-12(11)17-10-13(9-16)5-7-15-8-6-13/h1-4,16H,5-10H2. The van der Waals surface area contributed by atoms with E-state index in [-0.39, 0.29) is 11.2 Å². The van der Waals surface area contributed by atoms with E-state index in [1.807, 2.05) is 12.1 Å². The summed E-state index contributed by atoms with van der Waals surface area (Å²) in [5.74, 6) is 1.64. The lowest BCUT2D eigenvalue weighted by molar-refractivity contribution is 0.0371. The summed E-state index contributed by atoms with van der Waals surface area (Å²) in [6.07, 6.45) is 2.05. The molecule has 0 saturated carbocycles. The van der Waals surface area contributed by atoms with Gasteiger partial charge in [0.15, 0.2) is 0 Å². The summed E-state index contributed by atoms with van der Waals surface area (Å²) in [5.41, 5.74) is 0.203. The summed E-state index contributed by atoms with van der Waals surface area (Å²) in [5, 5.41) is 0. The molecule has 0 aromatic heterocycles. The second kappa shape index (κ2) is 6.12. The van der Waals surface area contributed by atoms with Crippen LogP contribution in [0.1, 0.15) is 12.8 Å². The molecule has 1 aliphatic rings. The zero-order chi connectivity index (χ0) is 12.1. The van der Waals surface area contributed by atoms with Crippen LogP contribution in [0.2, 0.25) is 0 Å². The van der Waals surface area contributed by atoms with E-state index in [4.69, 9.17) is 4.74 Å². The van der Waals surface area contributed by atoms with Crippen LogP contribution < -0.4 is 0 Å². The molecular formula is C13H17FOS2. The molecule has 4 heteroatoms. The Hall–Kier alpha value is -0.190. The van der Waals surface area contributed by atoms with Gasteiger partial charge in [-0.25, -0.2) is 4.39 Å². The van der Waals surface area contributed by atoms with Crippen LogP contribution in [0.3, 0.4) is 0 Å². The highest BCUT2D eigenvalue weighted by atomic mass is 32.2. The first kappa shape index (κ1) is 13.2. The summed E-state index contributed by atoms with van der Waals surface area (Å²) in [6.45, 7) is 1.61. The molecule has 1 fully saturated rings. The van der Waals surface area contributed by atoms with Crippen molar-refractivity contribution in [1.29, 1.82) is 0 Å². The molecule has 0 spiro atoms. The monoisotopic (exact) mass is 272 g/mol. The van der Waals surface area contributed by atoms with E-state index in [1.165, 1.54) is 6.07 Å². The fraction of sp³-hybridized carbons (Fsp3) is 0.538. The fourth-order valence-electron chi connectivity index (χ4n) is 1.95. The zero-order valence-electron chi connectivity index (χ0n) is 9.69. The largest absolute Gasteiger partial charge is 0.381 e. The second-order valence-corrected chi connectivity index (χ2v) is 5.82. The Bertz CT molecular complexity index is 364. The number of thioether (sulfide) groups is 1. The Morgan fingerprint density at radius 2 is 2.00 bits per heavy atom. The van der Waals surface area contributed by atoms with Crippen molar-refractivity contribution in [2.45, 2.75) is 17.7 Å². The molecule has 0 amide bonds. The van der Waals surface area contributed by atoms with Crippen LogP contribution in [0.15, 0.2) is 29.2 Å². The number of thiol groups is 1. The molecule has 1 aromatic rings. The van der Waals surface area contributed by atoms with E-state index < -0.39 is 0 Å². The van der Waals surface area contributed by atoms with Crippen LogP contribution in [-0.4, -0.2) is 24.7 Å². The van der Waals surface area contributed by atoms with Gasteiger partial charge in [0.25, 0.3) is 0 Å². The maximum Gasteiger partial charge on any atom is 0.136 e. The Labute approximate surface area is 112 Å². The van der Waals surface area contributed by atoms with Gasteiger partial charge in [-0.05, 0) is 36.1 Å². The van der Waals surface area contributed by atoms with Crippen molar-refractivity contribution in [3.63, 3.8) is 0 Å². The molecule has 1 aromatic carbocycles. The van der Waals surface area contributed by atoms with Gasteiger partial charge in [0.1, 0.15) is 5.82 Å². The van der Waals surface area contributed by atoms with Crippen LogP contribution >= 0.6 is 24.4 Å². The van der Waals surface area contributed by atoms with Crippen molar-refractivity contribution in [2.75, 3.05) is 24.7 Å². The van der Waals surface area contributed by atoms with E-state index in [1.54, 1.807) is 17.8 Å². The molecule has 0 atom stereocenters. The van der Waals surface area contributed by atoms with Gasteiger partial charge < -0.3 is 4.74 Å². The van der Waals surface area contributed by atoms with Gasteiger partial charge in [-0.2, -0.15) is 12.6 Å². The van der Waals surface area contributed by atoms with Gasteiger partial charge in [-0.1, -0.05) is 12.1 Å². The van der Waals surface area contributed by atoms with Gasteiger partial charge in [0, 0.05) is 23.9 Å². The van der Waals surface area contributed by atoms with Crippen LogP contribution in [0.4, 0.5) is 4.39 Å². The molecule has 1 nitrogen and oxygen atoms in total. The van der Waals surface area contributed by atoms with E-state index in [2.05, 4.69) is 12.6 Å². The van der Waals surface area contributed by atoms with Gasteiger partial charge >= 0.3 is 0 Å². The molecule has 0 bridgehead atoms. The second-order valence-electron chi connectivity index (χ2n) is 4.49. The quantitative estimate of drug-likeness (QED) is 0.662. The van der Waals surface area contributed by atoms with E-state index in [0.717, 1.165) is 42.5 Å². The third-order valence-corrected chi connectivity index (χ3v) is 5.33. The van der Waals surface area contributed by atoms with Crippen LogP contribution in [0, 0.1) is 11.2 Å². The SMILES string of the molecule is Fc1ccccc1SCC1(CS)CCOCC1. The molecular weight excluding hydrogens is 255 g/mol. The van der Waals surface area contributed by atoms with Crippen molar-refractivity contribution < 1.29 is 9.13 Å². The number of ether oxygens (including phenoxy) is 1. The number of benzene rings is 1. The molecule has 2 rings (SSSR count). The van der Waals surface area contributed by atoms with Gasteiger partial charge in [0.2, 0.25) is 0 Å². The highest BCUT2D eigenvalue weighted by Crippen LogP contribution is 2.37. The molecule has 1 heterocycles.